The lowest BCUT2D eigenvalue weighted by Gasteiger charge is -2.08. The zero-order valence-corrected chi connectivity index (χ0v) is 9.78. The van der Waals surface area contributed by atoms with E-state index < -0.39 is 0 Å². The smallest absolute Gasteiger partial charge is 0.134 e. The third-order valence-electron chi connectivity index (χ3n) is 2.51. The van der Waals surface area contributed by atoms with E-state index in [1.54, 1.807) is 12.1 Å². The first-order valence-corrected chi connectivity index (χ1v) is 5.73. The summed E-state index contributed by atoms with van der Waals surface area (Å²) in [6.45, 7) is 3.13. The summed E-state index contributed by atoms with van der Waals surface area (Å²) >= 11 is 0. The van der Waals surface area contributed by atoms with Gasteiger partial charge in [0, 0.05) is 12.0 Å². The fourth-order valence-electron chi connectivity index (χ4n) is 1.65. The zero-order valence-electron chi connectivity index (χ0n) is 9.78. The molecular weight excluding hydrogens is 221 g/mol. The first-order valence-electron chi connectivity index (χ1n) is 5.73. The van der Waals surface area contributed by atoms with Gasteiger partial charge in [-0.05, 0) is 30.7 Å². The minimum Gasteiger partial charge on any atom is -0.459 e. The van der Waals surface area contributed by atoms with Crippen molar-refractivity contribution in [3.05, 3.63) is 35.8 Å². The molecule has 1 atom stereocenters. The molecule has 0 saturated carbocycles. The Morgan fingerprint density at radius 1 is 1.41 bits per heavy atom. The van der Waals surface area contributed by atoms with Crippen molar-refractivity contribution >= 4 is 11.0 Å². The molecule has 4 heteroatoms. The fourth-order valence-corrected chi connectivity index (χ4v) is 1.65. The second-order valence-electron chi connectivity index (χ2n) is 4.01. The maximum atomic E-state index is 13.0. The summed E-state index contributed by atoms with van der Waals surface area (Å²) in [4.78, 5) is 0. The van der Waals surface area contributed by atoms with Crippen LogP contribution in [-0.4, -0.2) is 13.2 Å². The van der Waals surface area contributed by atoms with Gasteiger partial charge in [-0.1, -0.05) is 6.92 Å². The monoisotopic (exact) mass is 237 g/mol. The molecule has 17 heavy (non-hydrogen) atoms. The van der Waals surface area contributed by atoms with Gasteiger partial charge >= 0.3 is 0 Å². The molecule has 3 nitrogen and oxygen atoms in total. The molecule has 0 radical (unpaired) electrons. The van der Waals surface area contributed by atoms with Gasteiger partial charge in [0.1, 0.15) is 17.2 Å². The third-order valence-corrected chi connectivity index (χ3v) is 2.51. The van der Waals surface area contributed by atoms with Crippen molar-refractivity contribution in [3.8, 4) is 0 Å². The second-order valence-corrected chi connectivity index (χ2v) is 4.01. The Kier molecular flexibility index (Phi) is 3.76. The number of ether oxygens (including phenoxy) is 1. The summed E-state index contributed by atoms with van der Waals surface area (Å²) in [7, 11) is 0. The van der Waals surface area contributed by atoms with Crippen LogP contribution in [-0.2, 0) is 4.74 Å². The highest BCUT2D eigenvalue weighted by molar-refractivity contribution is 5.77. The zero-order chi connectivity index (χ0) is 12.3. The van der Waals surface area contributed by atoms with Crippen LogP contribution < -0.4 is 5.73 Å². The molecule has 0 aliphatic carbocycles. The van der Waals surface area contributed by atoms with Gasteiger partial charge in [-0.2, -0.15) is 0 Å². The van der Waals surface area contributed by atoms with E-state index in [1.807, 2.05) is 6.92 Å². The molecule has 2 aromatic rings. The van der Waals surface area contributed by atoms with Crippen LogP contribution >= 0.6 is 0 Å². The van der Waals surface area contributed by atoms with E-state index in [1.165, 1.54) is 12.1 Å². The van der Waals surface area contributed by atoms with Crippen molar-refractivity contribution in [2.75, 3.05) is 13.2 Å². The topological polar surface area (TPSA) is 48.4 Å². The lowest BCUT2D eigenvalue weighted by Crippen LogP contribution is -2.16. The lowest BCUT2D eigenvalue weighted by atomic mass is 10.2. The predicted octanol–water partition coefficient (Wildman–Crippen LogP) is 3.00. The van der Waals surface area contributed by atoms with Gasteiger partial charge in [0.25, 0.3) is 0 Å². The molecule has 0 aliphatic rings. The van der Waals surface area contributed by atoms with E-state index in [4.69, 9.17) is 14.9 Å². The molecule has 1 unspecified atom stereocenters. The number of nitrogens with two attached hydrogens (primary N) is 1. The Bertz CT molecular complexity index is 495. The third kappa shape index (κ3) is 2.84. The summed E-state index contributed by atoms with van der Waals surface area (Å²) < 4.78 is 23.9. The van der Waals surface area contributed by atoms with Crippen molar-refractivity contribution < 1.29 is 13.5 Å². The van der Waals surface area contributed by atoms with Crippen molar-refractivity contribution in [3.63, 3.8) is 0 Å². The number of fused-ring (bicyclic) bond motifs is 1. The summed E-state index contributed by atoms with van der Waals surface area (Å²) in [6, 6.07) is 5.86. The minimum absolute atomic E-state index is 0.277. The van der Waals surface area contributed by atoms with Crippen LogP contribution in [0.25, 0.3) is 11.0 Å². The largest absolute Gasteiger partial charge is 0.459 e. The first kappa shape index (κ1) is 12.1. The van der Waals surface area contributed by atoms with Gasteiger partial charge in [-0.15, -0.1) is 0 Å². The van der Waals surface area contributed by atoms with Gasteiger partial charge in [-0.25, -0.2) is 4.39 Å². The number of benzene rings is 1. The van der Waals surface area contributed by atoms with Gasteiger partial charge in [-0.3, -0.25) is 0 Å². The van der Waals surface area contributed by atoms with Crippen LogP contribution in [0.1, 0.15) is 25.1 Å². The second kappa shape index (κ2) is 5.29. The van der Waals surface area contributed by atoms with E-state index in [-0.39, 0.29) is 11.9 Å². The standard InChI is InChI=1S/C13H16FNO2/c1-2-5-16-8-11(15)13-7-9-6-10(14)3-4-12(9)17-13/h3-4,6-7,11H,2,5,8,15H2,1H3. The van der Waals surface area contributed by atoms with Crippen LogP contribution in [0, 0.1) is 5.82 Å². The normalized spacial score (nSPS) is 13.1. The van der Waals surface area contributed by atoms with Gasteiger partial charge < -0.3 is 14.9 Å². The number of hydrogen-bond acceptors (Lipinski definition) is 3. The molecule has 2 rings (SSSR count). The molecule has 1 heterocycles. The van der Waals surface area contributed by atoms with Crippen LogP contribution in [0.2, 0.25) is 0 Å². The minimum atomic E-state index is -0.308. The van der Waals surface area contributed by atoms with Gasteiger partial charge in [0.15, 0.2) is 0 Å². The van der Waals surface area contributed by atoms with E-state index in [0.29, 0.717) is 24.6 Å². The average Bonchev–Trinajstić information content (AvgIpc) is 2.72. The molecule has 0 bridgehead atoms. The van der Waals surface area contributed by atoms with Crippen LogP contribution in [0.15, 0.2) is 28.7 Å². The SMILES string of the molecule is CCCOCC(N)c1cc2cc(F)ccc2o1. The number of halogens is 1. The molecule has 0 saturated heterocycles. The number of furan rings is 1. The van der Waals surface area contributed by atoms with Crippen LogP contribution in [0.3, 0.4) is 0 Å². The molecule has 2 N–H and O–H groups in total. The lowest BCUT2D eigenvalue weighted by molar-refractivity contribution is 0.117. The molecular formula is C13H16FNO2. The molecule has 0 amide bonds. The van der Waals surface area contributed by atoms with E-state index in [9.17, 15) is 4.39 Å². The predicted molar refractivity (Wildman–Crippen MR) is 64.2 cm³/mol. The Hall–Kier alpha value is -1.39. The molecule has 1 aromatic carbocycles. The van der Waals surface area contributed by atoms with Gasteiger partial charge in [0.2, 0.25) is 0 Å². The average molecular weight is 237 g/mol. The van der Waals surface area contributed by atoms with E-state index in [2.05, 4.69) is 0 Å². The summed E-state index contributed by atoms with van der Waals surface area (Å²) in [5, 5.41) is 0.728. The van der Waals surface area contributed by atoms with Crippen LogP contribution in [0.5, 0.6) is 0 Å². The highest BCUT2D eigenvalue weighted by Crippen LogP contribution is 2.23. The fraction of sp³-hybridized carbons (Fsp3) is 0.385. The Labute approximate surface area is 99.4 Å². The molecule has 92 valence electrons. The Balaban J connectivity index is 2.12. The maximum absolute atomic E-state index is 13.0. The van der Waals surface area contributed by atoms with Crippen LogP contribution in [0.4, 0.5) is 4.39 Å². The molecule has 1 aromatic heterocycles. The highest BCUT2D eigenvalue weighted by atomic mass is 19.1. The Morgan fingerprint density at radius 3 is 3.00 bits per heavy atom. The van der Waals surface area contributed by atoms with Crippen molar-refractivity contribution in [1.82, 2.24) is 0 Å². The molecule has 0 aliphatic heterocycles. The van der Waals surface area contributed by atoms with E-state index >= 15 is 0 Å². The van der Waals surface area contributed by atoms with E-state index in [0.717, 1.165) is 11.8 Å². The van der Waals surface area contributed by atoms with Crippen molar-refractivity contribution in [1.29, 1.82) is 0 Å². The molecule has 0 spiro atoms. The Morgan fingerprint density at radius 2 is 2.24 bits per heavy atom. The number of hydrogen-bond donors (Lipinski definition) is 1. The number of rotatable bonds is 5. The molecule has 0 fully saturated rings. The van der Waals surface area contributed by atoms with Crippen molar-refractivity contribution in [2.45, 2.75) is 19.4 Å². The summed E-state index contributed by atoms with van der Waals surface area (Å²) in [5.41, 5.74) is 6.57. The quantitative estimate of drug-likeness (QED) is 0.813. The first-order chi connectivity index (χ1) is 8.20. The van der Waals surface area contributed by atoms with Gasteiger partial charge in [0.05, 0.1) is 12.6 Å². The van der Waals surface area contributed by atoms with Crippen molar-refractivity contribution in [2.24, 2.45) is 5.73 Å². The summed E-state index contributed by atoms with van der Waals surface area (Å²) in [6.07, 6.45) is 0.956. The highest BCUT2D eigenvalue weighted by Gasteiger charge is 2.12. The summed E-state index contributed by atoms with van der Waals surface area (Å²) in [5.74, 6) is 0.349. The maximum Gasteiger partial charge on any atom is 0.134 e.